The van der Waals surface area contributed by atoms with Gasteiger partial charge in [0, 0.05) is 25.7 Å². The number of nitrogens with one attached hydrogen (secondary N) is 1. The number of hydrogen-bond donors (Lipinski definition) is 2. The van der Waals surface area contributed by atoms with Gasteiger partial charge in [0.15, 0.2) is 0 Å². The molecule has 1 aromatic rings. The van der Waals surface area contributed by atoms with Crippen molar-refractivity contribution in [2.24, 2.45) is 13.0 Å². The van der Waals surface area contributed by atoms with Crippen LogP contribution in [0.5, 0.6) is 0 Å². The lowest BCUT2D eigenvalue weighted by atomic mass is 9.83. The molecule has 0 aromatic carbocycles. The molecule has 1 aliphatic carbocycles. The Morgan fingerprint density at radius 1 is 1.36 bits per heavy atom. The van der Waals surface area contributed by atoms with Crippen molar-refractivity contribution in [2.45, 2.75) is 57.6 Å². The lowest BCUT2D eigenvalue weighted by molar-refractivity contribution is 0.164. The normalized spacial score (nSPS) is 26.4. The third-order valence-electron chi connectivity index (χ3n) is 5.01. The topological polar surface area (TPSA) is 70.4 Å². The highest BCUT2D eigenvalue weighted by molar-refractivity contribution is 5.89. The molecular formula is C16H26N4O2. The summed E-state index contributed by atoms with van der Waals surface area (Å²) in [6.45, 7) is 2.34. The van der Waals surface area contributed by atoms with Crippen molar-refractivity contribution in [2.75, 3.05) is 11.9 Å². The highest BCUT2D eigenvalue weighted by atomic mass is 16.3. The van der Waals surface area contributed by atoms with Crippen molar-refractivity contribution in [1.82, 2.24) is 14.7 Å². The Balaban J connectivity index is 1.70. The summed E-state index contributed by atoms with van der Waals surface area (Å²) in [6, 6.07) is 1.92. The van der Waals surface area contributed by atoms with Crippen LogP contribution in [-0.4, -0.2) is 44.5 Å². The second-order valence-electron chi connectivity index (χ2n) is 6.73. The van der Waals surface area contributed by atoms with E-state index in [4.69, 9.17) is 0 Å². The molecular weight excluding hydrogens is 280 g/mol. The minimum absolute atomic E-state index is 0.116. The molecule has 0 spiro atoms. The van der Waals surface area contributed by atoms with E-state index in [1.165, 1.54) is 32.1 Å². The van der Waals surface area contributed by atoms with Gasteiger partial charge in [-0.25, -0.2) is 4.79 Å². The molecule has 2 amide bonds. The van der Waals surface area contributed by atoms with Gasteiger partial charge in [-0.2, -0.15) is 5.10 Å². The van der Waals surface area contributed by atoms with Crippen LogP contribution in [0.15, 0.2) is 6.07 Å². The average Bonchev–Trinajstić information content (AvgIpc) is 3.03. The van der Waals surface area contributed by atoms with Crippen LogP contribution in [0.25, 0.3) is 0 Å². The van der Waals surface area contributed by atoms with Crippen molar-refractivity contribution in [3.8, 4) is 0 Å². The Hall–Kier alpha value is -1.56. The summed E-state index contributed by atoms with van der Waals surface area (Å²) in [6.07, 6.45) is 6.44. The minimum Gasteiger partial charge on any atom is -0.391 e. The van der Waals surface area contributed by atoms with E-state index in [0.717, 1.165) is 5.69 Å². The van der Waals surface area contributed by atoms with E-state index in [1.54, 1.807) is 4.68 Å². The van der Waals surface area contributed by atoms with Crippen LogP contribution >= 0.6 is 0 Å². The maximum absolute atomic E-state index is 12.6. The maximum atomic E-state index is 12.6. The van der Waals surface area contributed by atoms with Crippen LogP contribution in [0.3, 0.4) is 0 Å². The van der Waals surface area contributed by atoms with E-state index >= 15 is 0 Å². The van der Waals surface area contributed by atoms with E-state index in [9.17, 15) is 9.90 Å². The lowest BCUT2D eigenvalue weighted by Crippen LogP contribution is -2.43. The SMILES string of the molecule is Cc1cc(NC(=O)N2C[C@@H](O)C[C@@H]2C2CCCCC2)n(C)n1. The smallest absolute Gasteiger partial charge is 0.323 e. The van der Waals surface area contributed by atoms with Crippen LogP contribution in [-0.2, 0) is 7.05 Å². The van der Waals surface area contributed by atoms with Crippen LogP contribution in [0.2, 0.25) is 0 Å². The number of hydrogen-bond acceptors (Lipinski definition) is 3. The van der Waals surface area contributed by atoms with Crippen LogP contribution in [0.4, 0.5) is 10.6 Å². The molecule has 1 aliphatic heterocycles. The molecule has 122 valence electrons. The van der Waals surface area contributed by atoms with Gasteiger partial charge in [0.2, 0.25) is 0 Å². The van der Waals surface area contributed by atoms with Crippen LogP contribution in [0.1, 0.15) is 44.2 Å². The molecule has 0 bridgehead atoms. The lowest BCUT2D eigenvalue weighted by Gasteiger charge is -2.33. The molecule has 2 atom stereocenters. The fourth-order valence-corrected chi connectivity index (χ4v) is 3.95. The molecule has 6 heteroatoms. The number of carbonyl (C=O) groups excluding carboxylic acids is 1. The number of aliphatic hydroxyl groups excluding tert-OH is 1. The van der Waals surface area contributed by atoms with Crippen molar-refractivity contribution in [3.05, 3.63) is 11.8 Å². The number of amides is 2. The summed E-state index contributed by atoms with van der Waals surface area (Å²) in [7, 11) is 1.82. The number of rotatable bonds is 2. The van der Waals surface area contributed by atoms with Gasteiger partial charge in [-0.3, -0.25) is 10.00 Å². The number of carbonyl (C=O) groups is 1. The number of anilines is 1. The molecule has 2 aliphatic rings. The second kappa shape index (κ2) is 6.28. The number of aryl methyl sites for hydroxylation is 2. The van der Waals surface area contributed by atoms with Gasteiger partial charge in [0.05, 0.1) is 11.8 Å². The Labute approximate surface area is 131 Å². The summed E-state index contributed by atoms with van der Waals surface area (Å²) in [5, 5.41) is 17.2. The zero-order chi connectivity index (χ0) is 15.7. The zero-order valence-corrected chi connectivity index (χ0v) is 13.5. The van der Waals surface area contributed by atoms with Gasteiger partial charge in [0.1, 0.15) is 5.82 Å². The third kappa shape index (κ3) is 3.11. The fourth-order valence-electron chi connectivity index (χ4n) is 3.95. The molecule has 22 heavy (non-hydrogen) atoms. The first-order valence-corrected chi connectivity index (χ1v) is 8.31. The molecule has 3 rings (SSSR count). The van der Waals surface area contributed by atoms with Gasteiger partial charge in [-0.1, -0.05) is 19.3 Å². The number of likely N-dealkylation sites (tertiary alicyclic amines) is 1. The van der Waals surface area contributed by atoms with Crippen molar-refractivity contribution in [3.63, 3.8) is 0 Å². The largest absolute Gasteiger partial charge is 0.391 e. The van der Waals surface area contributed by atoms with E-state index < -0.39 is 6.10 Å². The molecule has 2 fully saturated rings. The first-order valence-electron chi connectivity index (χ1n) is 8.31. The molecule has 2 heterocycles. The van der Waals surface area contributed by atoms with Gasteiger partial charge >= 0.3 is 6.03 Å². The predicted octanol–water partition coefficient (Wildman–Crippen LogP) is 2.28. The summed E-state index contributed by atoms with van der Waals surface area (Å²) in [5.74, 6) is 1.23. The fraction of sp³-hybridized carbons (Fsp3) is 0.750. The molecule has 2 N–H and O–H groups in total. The van der Waals surface area contributed by atoms with Gasteiger partial charge < -0.3 is 10.0 Å². The maximum Gasteiger partial charge on any atom is 0.323 e. The summed E-state index contributed by atoms with van der Waals surface area (Å²) in [5.41, 5.74) is 0.878. The third-order valence-corrected chi connectivity index (χ3v) is 5.01. The number of aromatic nitrogens is 2. The van der Waals surface area contributed by atoms with E-state index in [-0.39, 0.29) is 12.1 Å². The van der Waals surface area contributed by atoms with Crippen molar-refractivity contribution >= 4 is 11.8 Å². The molecule has 0 unspecified atom stereocenters. The molecule has 1 saturated carbocycles. The molecule has 6 nitrogen and oxygen atoms in total. The number of nitrogens with zero attached hydrogens (tertiary/aromatic N) is 3. The first kappa shape index (κ1) is 15.3. The highest BCUT2D eigenvalue weighted by Gasteiger charge is 2.39. The second-order valence-corrected chi connectivity index (χ2v) is 6.73. The Morgan fingerprint density at radius 2 is 2.09 bits per heavy atom. The number of urea groups is 1. The van der Waals surface area contributed by atoms with E-state index in [0.29, 0.717) is 24.7 Å². The van der Waals surface area contributed by atoms with Crippen LogP contribution in [0, 0.1) is 12.8 Å². The Bertz CT molecular complexity index is 536. The molecule has 0 radical (unpaired) electrons. The van der Waals surface area contributed by atoms with Crippen molar-refractivity contribution in [1.29, 1.82) is 0 Å². The van der Waals surface area contributed by atoms with Gasteiger partial charge in [-0.05, 0) is 32.1 Å². The van der Waals surface area contributed by atoms with E-state index in [1.807, 2.05) is 24.9 Å². The van der Waals surface area contributed by atoms with Gasteiger partial charge in [-0.15, -0.1) is 0 Å². The van der Waals surface area contributed by atoms with E-state index in [2.05, 4.69) is 10.4 Å². The van der Waals surface area contributed by atoms with Crippen molar-refractivity contribution < 1.29 is 9.90 Å². The Morgan fingerprint density at radius 3 is 2.73 bits per heavy atom. The molecule has 1 aromatic heterocycles. The average molecular weight is 306 g/mol. The van der Waals surface area contributed by atoms with Gasteiger partial charge in [0.25, 0.3) is 0 Å². The summed E-state index contributed by atoms with van der Waals surface area (Å²) in [4.78, 5) is 14.5. The number of aliphatic hydroxyl groups is 1. The predicted molar refractivity (Wildman–Crippen MR) is 84.7 cm³/mol. The summed E-state index contributed by atoms with van der Waals surface area (Å²) >= 11 is 0. The first-order chi connectivity index (χ1) is 10.5. The minimum atomic E-state index is -0.397. The highest BCUT2D eigenvalue weighted by Crippen LogP contribution is 2.34. The standard InChI is InChI=1S/C16H26N4O2/c1-11-8-15(19(2)18-11)17-16(22)20-10-13(21)9-14(20)12-6-4-3-5-7-12/h8,12-14,21H,3-7,9-10H2,1-2H3,(H,17,22)/t13-,14+/m0/s1. The monoisotopic (exact) mass is 306 g/mol. The quantitative estimate of drug-likeness (QED) is 0.880. The molecule has 1 saturated heterocycles. The summed E-state index contributed by atoms with van der Waals surface area (Å²) < 4.78 is 1.68. The zero-order valence-electron chi connectivity index (χ0n) is 13.5. The Kier molecular flexibility index (Phi) is 4.38. The van der Waals surface area contributed by atoms with Crippen LogP contribution < -0.4 is 5.32 Å². The number of β-amino-alcohol motifs (C(OH)–C–C–N with tert-alkyl or cyclic N) is 1.